The Kier molecular flexibility index (Phi) is 5.52. The topological polar surface area (TPSA) is 71.7 Å². The van der Waals surface area contributed by atoms with Crippen LogP contribution >= 0.6 is 0 Å². The second-order valence-electron chi connectivity index (χ2n) is 6.40. The van der Waals surface area contributed by atoms with Crippen LogP contribution in [0.1, 0.15) is 45.0 Å². The van der Waals surface area contributed by atoms with Crippen LogP contribution in [0.25, 0.3) is 0 Å². The molecule has 2 atom stereocenters. The van der Waals surface area contributed by atoms with E-state index in [9.17, 15) is 4.79 Å². The molecule has 0 N–H and O–H groups in total. The SMILES string of the molecule is CC(C)CO[C@H](C)c1noc(CN(C)[C@@H]2CCN(C)C2=O)n1. The summed E-state index contributed by atoms with van der Waals surface area (Å²) >= 11 is 0. The van der Waals surface area contributed by atoms with E-state index in [1.54, 1.807) is 4.90 Å². The second-order valence-corrected chi connectivity index (χ2v) is 6.40. The van der Waals surface area contributed by atoms with Gasteiger partial charge in [-0.2, -0.15) is 4.98 Å². The average molecular weight is 310 g/mol. The maximum atomic E-state index is 12.0. The van der Waals surface area contributed by atoms with E-state index in [1.807, 2.05) is 25.9 Å². The molecule has 1 saturated heterocycles. The molecule has 7 heteroatoms. The number of rotatable bonds is 7. The van der Waals surface area contributed by atoms with Gasteiger partial charge in [0.15, 0.2) is 5.82 Å². The first-order valence-corrected chi connectivity index (χ1v) is 7.77. The van der Waals surface area contributed by atoms with Gasteiger partial charge in [-0.3, -0.25) is 9.69 Å². The average Bonchev–Trinajstić information content (AvgIpc) is 3.04. The minimum atomic E-state index is -0.190. The molecule has 1 fully saturated rings. The summed E-state index contributed by atoms with van der Waals surface area (Å²) in [5, 5.41) is 3.97. The van der Waals surface area contributed by atoms with Crippen molar-refractivity contribution in [3.63, 3.8) is 0 Å². The van der Waals surface area contributed by atoms with Crippen LogP contribution in [0.3, 0.4) is 0 Å². The molecule has 0 radical (unpaired) electrons. The number of amides is 1. The van der Waals surface area contributed by atoms with Crippen LogP contribution in [0.5, 0.6) is 0 Å². The lowest BCUT2D eigenvalue weighted by molar-refractivity contribution is -0.130. The van der Waals surface area contributed by atoms with Gasteiger partial charge in [0.25, 0.3) is 0 Å². The number of likely N-dealkylation sites (tertiary alicyclic amines) is 1. The van der Waals surface area contributed by atoms with Crippen LogP contribution in [-0.4, -0.2) is 59.1 Å². The van der Waals surface area contributed by atoms with Gasteiger partial charge in [0, 0.05) is 20.2 Å². The van der Waals surface area contributed by atoms with E-state index in [-0.39, 0.29) is 18.1 Å². The van der Waals surface area contributed by atoms with E-state index in [2.05, 4.69) is 24.0 Å². The second kappa shape index (κ2) is 7.19. The molecule has 2 rings (SSSR count). The third kappa shape index (κ3) is 4.04. The van der Waals surface area contributed by atoms with Crippen molar-refractivity contribution in [1.82, 2.24) is 19.9 Å². The van der Waals surface area contributed by atoms with Crippen molar-refractivity contribution in [2.24, 2.45) is 5.92 Å². The molecule has 1 aromatic rings. The molecule has 0 bridgehead atoms. The van der Waals surface area contributed by atoms with Gasteiger partial charge in [-0.15, -0.1) is 0 Å². The van der Waals surface area contributed by atoms with Gasteiger partial charge in [-0.1, -0.05) is 19.0 Å². The summed E-state index contributed by atoms with van der Waals surface area (Å²) in [6.07, 6.45) is 0.644. The molecule has 2 heterocycles. The fraction of sp³-hybridized carbons (Fsp3) is 0.800. The van der Waals surface area contributed by atoms with Gasteiger partial charge in [0.2, 0.25) is 11.8 Å². The Hall–Kier alpha value is -1.47. The van der Waals surface area contributed by atoms with Crippen molar-refractivity contribution >= 4 is 5.91 Å². The van der Waals surface area contributed by atoms with E-state index < -0.39 is 0 Å². The Morgan fingerprint density at radius 3 is 2.77 bits per heavy atom. The normalized spacial score (nSPS) is 20.4. The zero-order chi connectivity index (χ0) is 16.3. The van der Waals surface area contributed by atoms with Crippen molar-refractivity contribution in [2.75, 3.05) is 27.2 Å². The maximum Gasteiger partial charge on any atom is 0.240 e. The Labute approximate surface area is 131 Å². The summed E-state index contributed by atoms with van der Waals surface area (Å²) in [7, 11) is 3.74. The number of hydrogen-bond donors (Lipinski definition) is 0. The van der Waals surface area contributed by atoms with Gasteiger partial charge >= 0.3 is 0 Å². The summed E-state index contributed by atoms with van der Waals surface area (Å²) in [6.45, 7) is 8.03. The maximum absolute atomic E-state index is 12.0. The lowest BCUT2D eigenvalue weighted by atomic mass is 10.2. The molecular weight excluding hydrogens is 284 g/mol. The minimum Gasteiger partial charge on any atom is -0.370 e. The highest BCUT2D eigenvalue weighted by atomic mass is 16.5. The quantitative estimate of drug-likeness (QED) is 0.759. The smallest absolute Gasteiger partial charge is 0.240 e. The Morgan fingerprint density at radius 1 is 1.45 bits per heavy atom. The van der Waals surface area contributed by atoms with Crippen molar-refractivity contribution in [1.29, 1.82) is 0 Å². The van der Waals surface area contributed by atoms with Crippen molar-refractivity contribution in [2.45, 2.75) is 45.9 Å². The molecule has 1 amide bonds. The molecule has 1 aliphatic heterocycles. The molecule has 0 unspecified atom stereocenters. The van der Waals surface area contributed by atoms with Crippen LogP contribution in [0.4, 0.5) is 0 Å². The standard InChI is InChI=1S/C15H26N4O3/c1-10(2)9-21-11(3)14-16-13(22-17-14)8-19(5)12-6-7-18(4)15(12)20/h10-12H,6-9H2,1-5H3/t11-,12-/m1/s1. The summed E-state index contributed by atoms with van der Waals surface area (Å²) in [4.78, 5) is 20.1. The first kappa shape index (κ1) is 16.9. The monoisotopic (exact) mass is 310 g/mol. The third-order valence-corrected chi connectivity index (χ3v) is 3.84. The molecule has 22 heavy (non-hydrogen) atoms. The lowest BCUT2D eigenvalue weighted by Crippen LogP contribution is -2.38. The van der Waals surface area contributed by atoms with E-state index >= 15 is 0 Å². The van der Waals surface area contributed by atoms with Gasteiger partial charge in [-0.25, -0.2) is 0 Å². The molecule has 0 spiro atoms. The van der Waals surface area contributed by atoms with E-state index in [1.165, 1.54) is 0 Å². The summed E-state index contributed by atoms with van der Waals surface area (Å²) in [6, 6.07) is -0.102. The van der Waals surface area contributed by atoms with Gasteiger partial charge in [0.05, 0.1) is 12.6 Å². The van der Waals surface area contributed by atoms with Crippen LogP contribution in [0, 0.1) is 5.92 Å². The van der Waals surface area contributed by atoms with E-state index in [4.69, 9.17) is 9.26 Å². The Balaban J connectivity index is 1.90. The fourth-order valence-corrected chi connectivity index (χ4v) is 2.45. The Bertz CT molecular complexity index is 503. The third-order valence-electron chi connectivity index (χ3n) is 3.84. The lowest BCUT2D eigenvalue weighted by Gasteiger charge is -2.20. The number of ether oxygens (including phenoxy) is 1. The van der Waals surface area contributed by atoms with E-state index in [0.29, 0.717) is 30.8 Å². The molecule has 1 aliphatic rings. The van der Waals surface area contributed by atoms with Crippen LogP contribution in [-0.2, 0) is 16.1 Å². The number of nitrogens with zero attached hydrogens (tertiary/aromatic N) is 4. The highest BCUT2D eigenvalue weighted by Gasteiger charge is 2.32. The van der Waals surface area contributed by atoms with Crippen LogP contribution < -0.4 is 0 Å². The van der Waals surface area contributed by atoms with Crippen molar-refractivity contribution in [3.8, 4) is 0 Å². The van der Waals surface area contributed by atoms with Gasteiger partial charge in [-0.05, 0) is 26.3 Å². The molecule has 0 aliphatic carbocycles. The highest BCUT2D eigenvalue weighted by molar-refractivity contribution is 5.83. The number of hydrogen-bond acceptors (Lipinski definition) is 6. The van der Waals surface area contributed by atoms with Gasteiger partial charge < -0.3 is 14.2 Å². The fourth-order valence-electron chi connectivity index (χ4n) is 2.45. The summed E-state index contributed by atoms with van der Waals surface area (Å²) in [5.74, 6) is 1.68. The zero-order valence-corrected chi connectivity index (χ0v) is 14.1. The first-order chi connectivity index (χ1) is 10.4. The van der Waals surface area contributed by atoms with Crippen LogP contribution in [0.15, 0.2) is 4.52 Å². The first-order valence-electron chi connectivity index (χ1n) is 7.77. The predicted octanol–water partition coefficient (Wildman–Crippen LogP) is 1.47. The largest absolute Gasteiger partial charge is 0.370 e. The highest BCUT2D eigenvalue weighted by Crippen LogP contribution is 2.18. The van der Waals surface area contributed by atoms with Crippen molar-refractivity contribution in [3.05, 3.63) is 11.7 Å². The number of carbonyl (C=O) groups is 1. The predicted molar refractivity (Wildman–Crippen MR) is 81.0 cm³/mol. The zero-order valence-electron chi connectivity index (χ0n) is 14.1. The molecule has 0 saturated carbocycles. The minimum absolute atomic E-state index is 0.102. The Morgan fingerprint density at radius 2 is 2.18 bits per heavy atom. The molecule has 7 nitrogen and oxygen atoms in total. The molecule has 1 aromatic heterocycles. The van der Waals surface area contributed by atoms with Crippen LogP contribution in [0.2, 0.25) is 0 Å². The molecule has 0 aromatic carbocycles. The summed E-state index contributed by atoms with van der Waals surface area (Å²) in [5.41, 5.74) is 0. The number of carbonyl (C=O) groups excluding carboxylic acids is 1. The number of likely N-dealkylation sites (N-methyl/N-ethyl adjacent to an activating group) is 2. The van der Waals surface area contributed by atoms with Gasteiger partial charge in [0.1, 0.15) is 6.10 Å². The molecular formula is C15H26N4O3. The summed E-state index contributed by atoms with van der Waals surface area (Å²) < 4.78 is 11.0. The number of aromatic nitrogens is 2. The molecule has 124 valence electrons. The van der Waals surface area contributed by atoms with Crippen molar-refractivity contribution < 1.29 is 14.1 Å². The van der Waals surface area contributed by atoms with E-state index in [0.717, 1.165) is 13.0 Å².